The first-order valence-corrected chi connectivity index (χ1v) is 8.10. The molecule has 0 aromatic carbocycles. The Morgan fingerprint density at radius 2 is 1.96 bits per heavy atom. The van der Waals surface area contributed by atoms with Crippen LogP contribution in [0.5, 0.6) is 0 Å². The Labute approximate surface area is 143 Å². The minimum absolute atomic E-state index is 0.240. The summed E-state index contributed by atoms with van der Waals surface area (Å²) in [6.45, 7) is 3.56. The van der Waals surface area contributed by atoms with Crippen LogP contribution in [0.1, 0.15) is 19.5 Å². The van der Waals surface area contributed by atoms with E-state index in [1.54, 1.807) is 44.0 Å². The minimum Gasteiger partial charge on any atom is -0.375 e. The van der Waals surface area contributed by atoms with E-state index >= 15 is 0 Å². The van der Waals surface area contributed by atoms with Crippen molar-refractivity contribution in [2.75, 3.05) is 11.1 Å². The second-order valence-corrected chi connectivity index (χ2v) is 6.58. The number of hydrogen-bond donors (Lipinski definition) is 2. The Hall–Kier alpha value is -2.87. The lowest BCUT2D eigenvalue weighted by atomic mass is 9.89. The van der Waals surface area contributed by atoms with E-state index < -0.39 is 5.41 Å². The Bertz CT molecular complexity index is 845. The van der Waals surface area contributed by atoms with Crippen LogP contribution in [0.15, 0.2) is 42.3 Å². The number of carbonyl (C=O) groups excluding carboxylic acids is 1. The number of hydrogen-bond acceptors (Lipinski definition) is 7. The topological polar surface area (TPSA) is 107 Å². The van der Waals surface area contributed by atoms with Crippen LogP contribution in [-0.2, 0) is 10.2 Å². The summed E-state index contributed by atoms with van der Waals surface area (Å²) in [5, 5.41) is 4.93. The molecular weight excluding hydrogens is 324 g/mol. The monoisotopic (exact) mass is 340 g/mol. The quantitative estimate of drug-likeness (QED) is 0.755. The summed E-state index contributed by atoms with van der Waals surface area (Å²) in [6.07, 6.45) is 6.72. The van der Waals surface area contributed by atoms with Crippen molar-refractivity contribution in [3.8, 4) is 11.1 Å². The van der Waals surface area contributed by atoms with Gasteiger partial charge in [-0.1, -0.05) is 6.07 Å². The van der Waals surface area contributed by atoms with Gasteiger partial charge in [0, 0.05) is 41.3 Å². The highest BCUT2D eigenvalue weighted by Crippen LogP contribution is 2.27. The molecule has 122 valence electrons. The van der Waals surface area contributed by atoms with Gasteiger partial charge in [0.05, 0.1) is 11.1 Å². The van der Waals surface area contributed by atoms with E-state index in [9.17, 15) is 4.79 Å². The number of thiazole rings is 1. The molecule has 8 heteroatoms. The molecule has 0 aliphatic heterocycles. The standard InChI is InChI=1S/C16H16N6OS/c1-16(2,12-9-24-14(17)21-12)13(23)22-15-19-7-11(8-20-15)10-4-3-5-18-6-10/h3-9H,1-2H3,(H2,17,21)(H,19,20,22,23). The maximum absolute atomic E-state index is 12.5. The lowest BCUT2D eigenvalue weighted by Crippen LogP contribution is -2.35. The SMILES string of the molecule is CC(C)(C(=O)Nc1ncc(-c2cccnc2)cn1)c1csc(N)n1. The summed E-state index contributed by atoms with van der Waals surface area (Å²) in [5.41, 5.74) is 7.17. The molecule has 3 heterocycles. The number of nitrogens with two attached hydrogens (primary N) is 1. The van der Waals surface area contributed by atoms with Gasteiger partial charge < -0.3 is 5.73 Å². The third-order valence-electron chi connectivity index (χ3n) is 3.60. The third-order valence-corrected chi connectivity index (χ3v) is 4.28. The zero-order chi connectivity index (χ0) is 17.2. The maximum atomic E-state index is 12.5. The summed E-state index contributed by atoms with van der Waals surface area (Å²) in [7, 11) is 0. The Kier molecular flexibility index (Phi) is 4.22. The Morgan fingerprint density at radius 1 is 1.21 bits per heavy atom. The van der Waals surface area contributed by atoms with Crippen molar-refractivity contribution in [1.29, 1.82) is 0 Å². The van der Waals surface area contributed by atoms with Gasteiger partial charge in [-0.3, -0.25) is 15.1 Å². The molecule has 0 aliphatic rings. The van der Waals surface area contributed by atoms with E-state index in [0.717, 1.165) is 11.1 Å². The Balaban J connectivity index is 1.75. The number of nitrogens with zero attached hydrogens (tertiary/aromatic N) is 4. The van der Waals surface area contributed by atoms with Crippen molar-refractivity contribution in [1.82, 2.24) is 19.9 Å². The first-order chi connectivity index (χ1) is 11.5. The summed E-state index contributed by atoms with van der Waals surface area (Å²) in [5.74, 6) is -0.00848. The maximum Gasteiger partial charge on any atom is 0.238 e. The van der Waals surface area contributed by atoms with Gasteiger partial charge in [-0.2, -0.15) is 0 Å². The van der Waals surface area contributed by atoms with Crippen molar-refractivity contribution in [3.05, 3.63) is 48.0 Å². The van der Waals surface area contributed by atoms with Crippen LogP contribution in [0.3, 0.4) is 0 Å². The van der Waals surface area contributed by atoms with Crippen LogP contribution in [-0.4, -0.2) is 25.8 Å². The summed E-state index contributed by atoms with van der Waals surface area (Å²) >= 11 is 1.30. The molecule has 3 aromatic rings. The molecule has 1 amide bonds. The number of anilines is 2. The first kappa shape index (κ1) is 16.0. The van der Waals surface area contributed by atoms with Gasteiger partial charge in [0.15, 0.2) is 5.13 Å². The Morgan fingerprint density at radius 3 is 2.54 bits per heavy atom. The molecule has 0 radical (unpaired) electrons. The molecule has 0 saturated heterocycles. The zero-order valence-corrected chi connectivity index (χ0v) is 14.0. The van der Waals surface area contributed by atoms with Gasteiger partial charge >= 0.3 is 0 Å². The van der Waals surface area contributed by atoms with Crippen LogP contribution < -0.4 is 11.1 Å². The molecule has 7 nitrogen and oxygen atoms in total. The highest BCUT2D eigenvalue weighted by Gasteiger charge is 2.32. The van der Waals surface area contributed by atoms with Crippen molar-refractivity contribution >= 4 is 28.3 Å². The molecule has 0 bridgehead atoms. The van der Waals surface area contributed by atoms with Crippen LogP contribution in [0.4, 0.5) is 11.1 Å². The van der Waals surface area contributed by atoms with Gasteiger partial charge in [0.2, 0.25) is 11.9 Å². The molecule has 0 spiro atoms. The van der Waals surface area contributed by atoms with E-state index in [4.69, 9.17) is 5.73 Å². The van der Waals surface area contributed by atoms with Crippen LogP contribution >= 0.6 is 11.3 Å². The minimum atomic E-state index is -0.834. The molecule has 0 atom stereocenters. The molecule has 3 N–H and O–H groups in total. The van der Waals surface area contributed by atoms with Gasteiger partial charge in [-0.25, -0.2) is 15.0 Å². The van der Waals surface area contributed by atoms with Crippen LogP contribution in [0.25, 0.3) is 11.1 Å². The normalized spacial score (nSPS) is 11.2. The zero-order valence-electron chi connectivity index (χ0n) is 13.2. The average molecular weight is 340 g/mol. The van der Waals surface area contributed by atoms with Crippen molar-refractivity contribution in [2.45, 2.75) is 19.3 Å². The molecule has 0 fully saturated rings. The van der Waals surface area contributed by atoms with E-state index in [1.165, 1.54) is 11.3 Å². The number of pyridine rings is 1. The number of amides is 1. The molecule has 3 aromatic heterocycles. The lowest BCUT2D eigenvalue weighted by molar-refractivity contribution is -0.120. The second kappa shape index (κ2) is 6.32. The third kappa shape index (κ3) is 3.23. The van der Waals surface area contributed by atoms with E-state index in [-0.39, 0.29) is 11.9 Å². The van der Waals surface area contributed by atoms with E-state index in [2.05, 4.69) is 25.3 Å². The average Bonchev–Trinajstić information content (AvgIpc) is 3.03. The molecule has 3 rings (SSSR count). The van der Waals surface area contributed by atoms with Gasteiger partial charge in [0.25, 0.3) is 0 Å². The summed E-state index contributed by atoms with van der Waals surface area (Å²) in [4.78, 5) is 29.2. The van der Waals surface area contributed by atoms with Gasteiger partial charge in [-0.15, -0.1) is 11.3 Å². The summed E-state index contributed by atoms with van der Waals surface area (Å²) < 4.78 is 0. The lowest BCUT2D eigenvalue weighted by Gasteiger charge is -2.20. The van der Waals surface area contributed by atoms with E-state index in [1.807, 2.05) is 12.1 Å². The number of carbonyl (C=O) groups is 1. The fraction of sp³-hybridized carbons (Fsp3) is 0.188. The van der Waals surface area contributed by atoms with Crippen molar-refractivity contribution < 1.29 is 4.79 Å². The highest BCUT2D eigenvalue weighted by atomic mass is 32.1. The van der Waals surface area contributed by atoms with Gasteiger partial charge in [0.1, 0.15) is 0 Å². The molecule has 0 unspecified atom stereocenters. The smallest absolute Gasteiger partial charge is 0.238 e. The summed E-state index contributed by atoms with van der Waals surface area (Å²) in [6, 6.07) is 3.76. The number of aromatic nitrogens is 4. The van der Waals surface area contributed by atoms with E-state index in [0.29, 0.717) is 10.8 Å². The number of rotatable bonds is 4. The number of nitrogens with one attached hydrogen (secondary N) is 1. The predicted molar refractivity (Wildman–Crippen MR) is 93.4 cm³/mol. The molecule has 24 heavy (non-hydrogen) atoms. The van der Waals surface area contributed by atoms with Crippen molar-refractivity contribution in [3.63, 3.8) is 0 Å². The fourth-order valence-electron chi connectivity index (χ4n) is 2.02. The van der Waals surface area contributed by atoms with Crippen LogP contribution in [0.2, 0.25) is 0 Å². The van der Waals surface area contributed by atoms with Crippen LogP contribution in [0, 0.1) is 0 Å². The number of nitrogen functional groups attached to an aromatic ring is 1. The second-order valence-electron chi connectivity index (χ2n) is 5.69. The molecular formula is C16H16N6OS. The van der Waals surface area contributed by atoms with Crippen molar-refractivity contribution in [2.24, 2.45) is 0 Å². The van der Waals surface area contributed by atoms with Gasteiger partial charge in [-0.05, 0) is 19.9 Å². The highest BCUT2D eigenvalue weighted by molar-refractivity contribution is 7.13. The predicted octanol–water partition coefficient (Wildman–Crippen LogP) is 2.49. The molecule has 0 aliphatic carbocycles. The fourth-order valence-corrected chi connectivity index (χ4v) is 2.75. The largest absolute Gasteiger partial charge is 0.375 e. The first-order valence-electron chi connectivity index (χ1n) is 7.22. The molecule has 0 saturated carbocycles.